The lowest BCUT2D eigenvalue weighted by Crippen LogP contribution is -2.34. The van der Waals surface area contributed by atoms with Gasteiger partial charge in [-0.1, -0.05) is 0 Å². The number of carbonyl (C=O) groups excluding carboxylic acids is 2. The van der Waals surface area contributed by atoms with Crippen LogP contribution in [0, 0.1) is 5.92 Å². The lowest BCUT2D eigenvalue weighted by Gasteiger charge is -2.20. The van der Waals surface area contributed by atoms with Gasteiger partial charge in [-0.25, -0.2) is 4.98 Å². The average Bonchev–Trinajstić information content (AvgIpc) is 3.23. The minimum absolute atomic E-state index is 0.128. The van der Waals surface area contributed by atoms with E-state index in [0.29, 0.717) is 38.4 Å². The van der Waals surface area contributed by atoms with E-state index in [1.165, 1.54) is 12.8 Å². The maximum absolute atomic E-state index is 12.6. The molecule has 0 spiro atoms. The van der Waals surface area contributed by atoms with E-state index in [9.17, 15) is 9.59 Å². The summed E-state index contributed by atoms with van der Waals surface area (Å²) in [5.74, 6) is 1.91. The van der Waals surface area contributed by atoms with Crippen LogP contribution in [0.3, 0.4) is 0 Å². The maximum Gasteiger partial charge on any atom is 0.223 e. The van der Waals surface area contributed by atoms with Gasteiger partial charge in [-0.15, -0.1) is 0 Å². The number of hydrogen-bond acceptors (Lipinski definition) is 3. The fraction of sp³-hybridized carbons (Fsp3) is 0.550. The van der Waals surface area contributed by atoms with Gasteiger partial charge in [-0.2, -0.15) is 0 Å². The van der Waals surface area contributed by atoms with Crippen LogP contribution in [-0.2, 0) is 35.5 Å². The molecule has 7 heteroatoms. The maximum atomic E-state index is 12.6. The molecule has 1 aliphatic heterocycles. The van der Waals surface area contributed by atoms with E-state index in [-0.39, 0.29) is 11.8 Å². The van der Waals surface area contributed by atoms with Crippen LogP contribution < -0.4 is 5.32 Å². The van der Waals surface area contributed by atoms with Crippen LogP contribution in [-0.4, -0.2) is 44.3 Å². The number of imidazole rings is 1. The summed E-state index contributed by atoms with van der Waals surface area (Å²) in [6.07, 6.45) is 8.77. The Kier molecular flexibility index (Phi) is 5.27. The molecule has 0 bridgehead atoms. The summed E-state index contributed by atoms with van der Waals surface area (Å²) >= 11 is 0. The van der Waals surface area contributed by atoms with Crippen molar-refractivity contribution in [3.8, 4) is 0 Å². The zero-order valence-corrected chi connectivity index (χ0v) is 15.6. The third-order valence-electron chi connectivity index (χ3n) is 5.48. The van der Waals surface area contributed by atoms with E-state index in [2.05, 4.69) is 19.9 Å². The van der Waals surface area contributed by atoms with Gasteiger partial charge in [0.25, 0.3) is 0 Å². The molecule has 0 saturated heterocycles. The minimum Gasteiger partial charge on any atom is -0.365 e. The largest absolute Gasteiger partial charge is 0.365 e. The van der Waals surface area contributed by atoms with Crippen LogP contribution in [0.2, 0.25) is 0 Å². The molecule has 4 rings (SSSR count). The summed E-state index contributed by atoms with van der Waals surface area (Å²) in [6.45, 7) is 2.64. The van der Waals surface area contributed by atoms with Gasteiger partial charge < -0.3 is 19.8 Å². The minimum atomic E-state index is 0.128. The summed E-state index contributed by atoms with van der Waals surface area (Å²) in [5, 5.41) is 3.01. The first kappa shape index (κ1) is 17.8. The summed E-state index contributed by atoms with van der Waals surface area (Å²) in [7, 11) is 0. The van der Waals surface area contributed by atoms with Gasteiger partial charge in [0.15, 0.2) is 0 Å². The first-order valence-corrected chi connectivity index (χ1v) is 9.89. The number of amides is 2. The number of carbonyl (C=O) groups is 2. The molecule has 2 amide bonds. The Bertz CT molecular complexity index is 791. The Morgan fingerprint density at radius 3 is 2.93 bits per heavy atom. The molecule has 1 fully saturated rings. The Morgan fingerprint density at radius 1 is 1.26 bits per heavy atom. The van der Waals surface area contributed by atoms with Crippen LogP contribution in [0.25, 0.3) is 0 Å². The number of aromatic nitrogens is 3. The monoisotopic (exact) mass is 369 g/mol. The molecule has 144 valence electrons. The molecule has 2 aromatic heterocycles. The van der Waals surface area contributed by atoms with Crippen molar-refractivity contribution >= 4 is 11.8 Å². The van der Waals surface area contributed by atoms with Crippen molar-refractivity contribution in [2.75, 3.05) is 13.1 Å². The van der Waals surface area contributed by atoms with Crippen molar-refractivity contribution in [2.24, 2.45) is 5.92 Å². The standard InChI is InChI=1S/C20H27N5O2/c26-19(12-15-3-4-15)23-14-17-13-22-18-7-9-24(10-11-25(17)18)20(27)6-5-16-2-1-8-21-16/h1-2,8,13,15,21H,3-7,9-12,14H2,(H,23,26). The summed E-state index contributed by atoms with van der Waals surface area (Å²) in [5.41, 5.74) is 2.12. The zero-order valence-electron chi connectivity index (χ0n) is 15.6. The molecule has 1 aliphatic carbocycles. The van der Waals surface area contributed by atoms with Crippen molar-refractivity contribution in [1.82, 2.24) is 24.8 Å². The van der Waals surface area contributed by atoms with Crippen LogP contribution in [0.5, 0.6) is 0 Å². The highest BCUT2D eigenvalue weighted by atomic mass is 16.2. The molecule has 7 nitrogen and oxygen atoms in total. The predicted octanol–water partition coefficient (Wildman–Crippen LogP) is 1.64. The Morgan fingerprint density at radius 2 is 2.15 bits per heavy atom. The second-order valence-corrected chi connectivity index (χ2v) is 7.57. The van der Waals surface area contributed by atoms with Crippen LogP contribution in [0.4, 0.5) is 0 Å². The van der Waals surface area contributed by atoms with Crippen LogP contribution >= 0.6 is 0 Å². The smallest absolute Gasteiger partial charge is 0.223 e. The number of nitrogens with one attached hydrogen (secondary N) is 2. The molecule has 2 N–H and O–H groups in total. The van der Waals surface area contributed by atoms with Crippen molar-refractivity contribution in [1.29, 1.82) is 0 Å². The number of nitrogens with zero attached hydrogens (tertiary/aromatic N) is 3. The molecule has 0 radical (unpaired) electrons. The van der Waals surface area contributed by atoms with E-state index in [1.54, 1.807) is 0 Å². The Labute approximate surface area is 159 Å². The van der Waals surface area contributed by atoms with E-state index < -0.39 is 0 Å². The first-order chi connectivity index (χ1) is 13.2. The van der Waals surface area contributed by atoms with Crippen molar-refractivity contribution in [3.63, 3.8) is 0 Å². The number of rotatable bonds is 7. The zero-order chi connectivity index (χ0) is 18.6. The molecule has 0 unspecified atom stereocenters. The molecule has 27 heavy (non-hydrogen) atoms. The number of H-pyrrole nitrogens is 1. The van der Waals surface area contributed by atoms with Crippen LogP contribution in [0.1, 0.15) is 42.9 Å². The van der Waals surface area contributed by atoms with Gasteiger partial charge in [0.05, 0.1) is 18.4 Å². The summed E-state index contributed by atoms with van der Waals surface area (Å²) < 4.78 is 2.16. The van der Waals surface area contributed by atoms with Gasteiger partial charge in [0.2, 0.25) is 11.8 Å². The summed E-state index contributed by atoms with van der Waals surface area (Å²) in [6, 6.07) is 3.96. The van der Waals surface area contributed by atoms with E-state index in [1.807, 2.05) is 29.4 Å². The molecule has 3 heterocycles. The highest BCUT2D eigenvalue weighted by molar-refractivity contribution is 5.76. The van der Waals surface area contributed by atoms with Gasteiger partial charge in [-0.3, -0.25) is 9.59 Å². The quantitative estimate of drug-likeness (QED) is 0.778. The predicted molar refractivity (Wildman–Crippen MR) is 101 cm³/mol. The Balaban J connectivity index is 1.29. The van der Waals surface area contributed by atoms with E-state index >= 15 is 0 Å². The van der Waals surface area contributed by atoms with Gasteiger partial charge in [0.1, 0.15) is 5.82 Å². The molecule has 0 atom stereocenters. The number of aryl methyl sites for hydroxylation is 1. The second kappa shape index (κ2) is 7.98. The average molecular weight is 369 g/mol. The lowest BCUT2D eigenvalue weighted by atomic mass is 10.2. The molecule has 0 aromatic carbocycles. The summed E-state index contributed by atoms with van der Waals surface area (Å²) in [4.78, 5) is 34.1. The van der Waals surface area contributed by atoms with Crippen molar-refractivity contribution in [2.45, 2.75) is 51.6 Å². The third-order valence-corrected chi connectivity index (χ3v) is 5.48. The first-order valence-electron chi connectivity index (χ1n) is 9.89. The number of hydrogen-bond donors (Lipinski definition) is 2. The number of aromatic amines is 1. The molecular formula is C20H27N5O2. The van der Waals surface area contributed by atoms with Gasteiger partial charge in [-0.05, 0) is 37.3 Å². The normalized spacial score (nSPS) is 16.7. The Hall–Kier alpha value is -2.57. The number of fused-ring (bicyclic) bond motifs is 1. The highest BCUT2D eigenvalue weighted by Gasteiger charge is 2.25. The highest BCUT2D eigenvalue weighted by Crippen LogP contribution is 2.32. The van der Waals surface area contributed by atoms with Crippen LogP contribution in [0.15, 0.2) is 24.5 Å². The molecule has 1 saturated carbocycles. The second-order valence-electron chi connectivity index (χ2n) is 7.57. The molecular weight excluding hydrogens is 342 g/mol. The van der Waals surface area contributed by atoms with Crippen molar-refractivity contribution in [3.05, 3.63) is 41.7 Å². The third kappa shape index (κ3) is 4.59. The topological polar surface area (TPSA) is 83.0 Å². The molecule has 2 aromatic rings. The lowest BCUT2D eigenvalue weighted by molar-refractivity contribution is -0.131. The van der Waals surface area contributed by atoms with Gasteiger partial charge in [0, 0.05) is 50.8 Å². The van der Waals surface area contributed by atoms with E-state index in [0.717, 1.165) is 36.6 Å². The fourth-order valence-electron chi connectivity index (χ4n) is 3.65. The van der Waals surface area contributed by atoms with Crippen molar-refractivity contribution < 1.29 is 9.59 Å². The fourth-order valence-corrected chi connectivity index (χ4v) is 3.65. The molecule has 2 aliphatic rings. The van der Waals surface area contributed by atoms with E-state index in [4.69, 9.17) is 0 Å². The van der Waals surface area contributed by atoms with Gasteiger partial charge >= 0.3 is 0 Å². The SMILES string of the molecule is O=C(CC1CC1)NCc1cnc2n1CCN(C(=O)CCc1ccc[nH]1)CC2.